The van der Waals surface area contributed by atoms with Crippen LogP contribution in [0.15, 0.2) is 29.1 Å². The Bertz CT molecular complexity index is 769. The van der Waals surface area contributed by atoms with Gasteiger partial charge in [-0.1, -0.05) is 18.2 Å². The minimum atomic E-state index is -0.472. The van der Waals surface area contributed by atoms with Crippen LogP contribution in [0.1, 0.15) is 18.5 Å². The summed E-state index contributed by atoms with van der Waals surface area (Å²) >= 11 is 0. The SMILES string of the molecule is Cc1nn(CC(=O)N2CCCC(O)C2)c(=O)c2ccccc12. The molecular weight excluding hydrogens is 282 g/mol. The number of nitrogens with zero attached hydrogens (tertiary/aromatic N) is 3. The predicted octanol–water partition coefficient (Wildman–Crippen LogP) is 0.688. The molecule has 0 radical (unpaired) electrons. The summed E-state index contributed by atoms with van der Waals surface area (Å²) in [4.78, 5) is 26.4. The van der Waals surface area contributed by atoms with Gasteiger partial charge in [-0.15, -0.1) is 0 Å². The quantitative estimate of drug-likeness (QED) is 0.885. The molecule has 22 heavy (non-hydrogen) atoms. The number of likely N-dealkylation sites (tertiary alicyclic amines) is 1. The Morgan fingerprint density at radius 3 is 2.82 bits per heavy atom. The number of amides is 1. The first kappa shape index (κ1) is 14.7. The van der Waals surface area contributed by atoms with Crippen molar-refractivity contribution in [3.8, 4) is 0 Å². The molecule has 6 heteroatoms. The van der Waals surface area contributed by atoms with E-state index in [9.17, 15) is 14.7 Å². The van der Waals surface area contributed by atoms with Gasteiger partial charge in [-0.25, -0.2) is 4.68 Å². The van der Waals surface area contributed by atoms with E-state index in [0.717, 1.165) is 23.9 Å². The van der Waals surface area contributed by atoms with Gasteiger partial charge in [-0.3, -0.25) is 9.59 Å². The molecular formula is C16H19N3O3. The molecule has 3 rings (SSSR count). The van der Waals surface area contributed by atoms with Crippen LogP contribution in [0.5, 0.6) is 0 Å². The van der Waals surface area contributed by atoms with Gasteiger partial charge in [0.15, 0.2) is 0 Å². The van der Waals surface area contributed by atoms with E-state index in [0.29, 0.717) is 18.5 Å². The fourth-order valence-corrected chi connectivity index (χ4v) is 2.92. The van der Waals surface area contributed by atoms with Crippen molar-refractivity contribution in [1.29, 1.82) is 0 Å². The first-order chi connectivity index (χ1) is 10.6. The fraction of sp³-hybridized carbons (Fsp3) is 0.438. The van der Waals surface area contributed by atoms with Crippen LogP contribution in [0.4, 0.5) is 0 Å². The Kier molecular flexibility index (Phi) is 3.94. The van der Waals surface area contributed by atoms with Gasteiger partial charge in [0.2, 0.25) is 5.91 Å². The van der Waals surface area contributed by atoms with E-state index < -0.39 is 6.10 Å². The monoisotopic (exact) mass is 301 g/mol. The van der Waals surface area contributed by atoms with Crippen LogP contribution in [-0.2, 0) is 11.3 Å². The van der Waals surface area contributed by atoms with Gasteiger partial charge in [0, 0.05) is 18.5 Å². The highest BCUT2D eigenvalue weighted by molar-refractivity contribution is 5.83. The summed E-state index contributed by atoms with van der Waals surface area (Å²) in [6, 6.07) is 7.27. The molecule has 1 N–H and O–H groups in total. The van der Waals surface area contributed by atoms with Crippen molar-refractivity contribution >= 4 is 16.7 Å². The number of hydrogen-bond acceptors (Lipinski definition) is 4. The first-order valence-corrected chi connectivity index (χ1v) is 7.48. The van der Waals surface area contributed by atoms with Crippen LogP contribution in [0.25, 0.3) is 10.8 Å². The summed E-state index contributed by atoms with van der Waals surface area (Å²) in [7, 11) is 0. The average Bonchev–Trinajstić information content (AvgIpc) is 2.52. The summed E-state index contributed by atoms with van der Waals surface area (Å²) in [5, 5.41) is 15.3. The van der Waals surface area contributed by atoms with Gasteiger partial charge < -0.3 is 10.0 Å². The van der Waals surface area contributed by atoms with Gasteiger partial charge >= 0.3 is 0 Å². The van der Waals surface area contributed by atoms with Crippen LogP contribution in [0.3, 0.4) is 0 Å². The molecule has 6 nitrogen and oxygen atoms in total. The molecule has 1 saturated heterocycles. The highest BCUT2D eigenvalue weighted by atomic mass is 16.3. The number of aryl methyl sites for hydroxylation is 1. The Balaban J connectivity index is 1.89. The van der Waals surface area contributed by atoms with E-state index >= 15 is 0 Å². The number of fused-ring (bicyclic) bond motifs is 1. The smallest absolute Gasteiger partial charge is 0.275 e. The second-order valence-corrected chi connectivity index (χ2v) is 5.73. The average molecular weight is 301 g/mol. The largest absolute Gasteiger partial charge is 0.391 e. The highest BCUT2D eigenvalue weighted by Gasteiger charge is 2.23. The molecule has 0 bridgehead atoms. The minimum absolute atomic E-state index is 0.0861. The number of aromatic nitrogens is 2. The molecule has 1 aromatic carbocycles. The third-order valence-corrected chi connectivity index (χ3v) is 4.09. The van der Waals surface area contributed by atoms with E-state index in [1.807, 2.05) is 19.1 Å². The maximum absolute atomic E-state index is 12.4. The van der Waals surface area contributed by atoms with Crippen molar-refractivity contribution in [1.82, 2.24) is 14.7 Å². The Morgan fingerprint density at radius 2 is 2.09 bits per heavy atom. The van der Waals surface area contributed by atoms with Crippen LogP contribution in [-0.4, -0.2) is 44.9 Å². The standard InChI is InChI=1S/C16H19N3O3/c1-11-13-6-2-3-7-14(13)16(22)19(17-11)10-15(21)18-8-4-5-12(20)9-18/h2-3,6-7,12,20H,4-5,8-10H2,1H3. The van der Waals surface area contributed by atoms with Gasteiger partial charge in [0.1, 0.15) is 6.54 Å². The molecule has 2 heterocycles. The lowest BCUT2D eigenvalue weighted by atomic mass is 10.1. The third-order valence-electron chi connectivity index (χ3n) is 4.09. The van der Waals surface area contributed by atoms with Crippen LogP contribution < -0.4 is 5.56 Å². The van der Waals surface area contributed by atoms with Crippen molar-refractivity contribution in [2.75, 3.05) is 13.1 Å². The van der Waals surface area contributed by atoms with E-state index in [2.05, 4.69) is 5.10 Å². The van der Waals surface area contributed by atoms with Crippen LogP contribution in [0, 0.1) is 6.92 Å². The summed E-state index contributed by atoms with van der Waals surface area (Å²) in [6.45, 7) is 2.70. The fourth-order valence-electron chi connectivity index (χ4n) is 2.92. The summed E-state index contributed by atoms with van der Waals surface area (Å²) in [5.74, 6) is -0.178. The number of piperidine rings is 1. The van der Waals surface area contributed by atoms with Crippen molar-refractivity contribution in [3.05, 3.63) is 40.3 Å². The molecule has 0 aliphatic carbocycles. The van der Waals surface area contributed by atoms with Crippen molar-refractivity contribution in [2.45, 2.75) is 32.4 Å². The number of rotatable bonds is 2. The van der Waals surface area contributed by atoms with Gasteiger partial charge in [-0.2, -0.15) is 5.10 Å². The number of carbonyl (C=O) groups is 1. The Hall–Kier alpha value is -2.21. The highest BCUT2D eigenvalue weighted by Crippen LogP contribution is 2.13. The zero-order valence-corrected chi connectivity index (χ0v) is 12.5. The molecule has 1 amide bonds. The molecule has 1 aliphatic rings. The minimum Gasteiger partial charge on any atom is -0.391 e. The molecule has 1 aliphatic heterocycles. The molecule has 116 valence electrons. The molecule has 1 atom stereocenters. The number of aliphatic hydroxyl groups is 1. The normalized spacial score (nSPS) is 18.6. The van der Waals surface area contributed by atoms with E-state index in [4.69, 9.17) is 0 Å². The number of benzene rings is 1. The Morgan fingerprint density at radius 1 is 1.36 bits per heavy atom. The zero-order valence-electron chi connectivity index (χ0n) is 12.5. The lowest BCUT2D eigenvalue weighted by Gasteiger charge is -2.30. The second-order valence-electron chi connectivity index (χ2n) is 5.73. The van der Waals surface area contributed by atoms with Crippen LogP contribution >= 0.6 is 0 Å². The molecule has 0 saturated carbocycles. The van der Waals surface area contributed by atoms with Crippen molar-refractivity contribution < 1.29 is 9.90 Å². The molecule has 1 aromatic heterocycles. The first-order valence-electron chi connectivity index (χ1n) is 7.48. The lowest BCUT2D eigenvalue weighted by molar-refractivity contribution is -0.135. The van der Waals surface area contributed by atoms with Crippen molar-refractivity contribution in [3.63, 3.8) is 0 Å². The van der Waals surface area contributed by atoms with E-state index in [1.54, 1.807) is 17.0 Å². The molecule has 0 spiro atoms. The summed E-state index contributed by atoms with van der Waals surface area (Å²) in [6.07, 6.45) is 1.03. The third kappa shape index (κ3) is 2.74. The maximum atomic E-state index is 12.4. The summed E-state index contributed by atoms with van der Waals surface area (Å²) in [5.41, 5.74) is 0.466. The number of β-amino-alcohol motifs (C(OH)–C–C–N with tert-alkyl or cyclic N) is 1. The van der Waals surface area contributed by atoms with Gasteiger partial charge in [0.05, 0.1) is 17.2 Å². The maximum Gasteiger partial charge on any atom is 0.275 e. The molecule has 1 unspecified atom stereocenters. The van der Waals surface area contributed by atoms with Crippen LogP contribution in [0.2, 0.25) is 0 Å². The van der Waals surface area contributed by atoms with Gasteiger partial charge in [-0.05, 0) is 25.8 Å². The van der Waals surface area contributed by atoms with E-state index in [-0.39, 0.29) is 18.0 Å². The number of carbonyl (C=O) groups excluding carboxylic acids is 1. The predicted molar refractivity (Wildman–Crippen MR) is 82.6 cm³/mol. The lowest BCUT2D eigenvalue weighted by Crippen LogP contribution is -2.44. The topological polar surface area (TPSA) is 75.4 Å². The number of hydrogen-bond donors (Lipinski definition) is 1. The Labute approximate surface area is 128 Å². The zero-order chi connectivity index (χ0) is 15.7. The number of aliphatic hydroxyl groups excluding tert-OH is 1. The summed E-state index contributed by atoms with van der Waals surface area (Å²) < 4.78 is 1.22. The molecule has 1 fully saturated rings. The second kappa shape index (κ2) is 5.88. The van der Waals surface area contributed by atoms with E-state index in [1.165, 1.54) is 4.68 Å². The molecule has 2 aromatic rings. The van der Waals surface area contributed by atoms with Crippen molar-refractivity contribution in [2.24, 2.45) is 0 Å². The van der Waals surface area contributed by atoms with Gasteiger partial charge in [0.25, 0.3) is 5.56 Å².